The lowest BCUT2D eigenvalue weighted by Crippen LogP contribution is -2.14. The molecule has 0 aliphatic carbocycles. The van der Waals surface area contributed by atoms with Crippen LogP contribution in [0.1, 0.15) is 5.82 Å². The highest BCUT2D eigenvalue weighted by Gasteiger charge is 2.19. The van der Waals surface area contributed by atoms with Gasteiger partial charge in [-0.3, -0.25) is 4.72 Å². The third-order valence-corrected chi connectivity index (χ3v) is 4.45. The van der Waals surface area contributed by atoms with Crippen molar-refractivity contribution in [2.24, 2.45) is 7.05 Å². The lowest BCUT2D eigenvalue weighted by atomic mass is 10.3. The number of anilines is 1. The number of nitrogens with zero attached hydrogens (tertiary/aromatic N) is 4. The Morgan fingerprint density at radius 1 is 1.12 bits per heavy atom. The first kappa shape index (κ1) is 15.9. The van der Waals surface area contributed by atoms with E-state index in [2.05, 4.69) is 19.7 Å². The van der Waals surface area contributed by atoms with Crippen LogP contribution in [0.2, 0.25) is 0 Å². The molecule has 0 saturated heterocycles. The van der Waals surface area contributed by atoms with E-state index in [1.54, 1.807) is 30.7 Å². The summed E-state index contributed by atoms with van der Waals surface area (Å²) in [5.74, 6) is 1.19. The lowest BCUT2D eigenvalue weighted by molar-refractivity contribution is 0.442. The van der Waals surface area contributed by atoms with E-state index < -0.39 is 10.0 Å². The van der Waals surface area contributed by atoms with Crippen molar-refractivity contribution in [3.63, 3.8) is 0 Å². The first-order chi connectivity index (χ1) is 11.4. The van der Waals surface area contributed by atoms with E-state index in [4.69, 9.17) is 4.74 Å². The molecule has 0 aliphatic rings. The Bertz CT molecular complexity index is 918. The van der Waals surface area contributed by atoms with Gasteiger partial charge < -0.3 is 9.30 Å². The normalized spacial score (nSPS) is 11.2. The van der Waals surface area contributed by atoms with Gasteiger partial charge in [-0.2, -0.15) is 8.42 Å². The fourth-order valence-electron chi connectivity index (χ4n) is 1.88. The van der Waals surface area contributed by atoms with E-state index in [9.17, 15) is 8.42 Å². The average Bonchev–Trinajstić information content (AvgIpc) is 2.90. The number of nitrogens with one attached hydrogen (secondary N) is 1. The minimum absolute atomic E-state index is 0.0629. The largest absolute Gasteiger partial charge is 0.424 e. The highest BCUT2D eigenvalue weighted by atomic mass is 32.2. The van der Waals surface area contributed by atoms with Crippen LogP contribution in [0.4, 0.5) is 5.69 Å². The molecule has 124 valence electrons. The van der Waals surface area contributed by atoms with Gasteiger partial charge in [0.25, 0.3) is 10.0 Å². The fraction of sp³-hybridized carbons (Fsp3) is 0.133. The fourth-order valence-corrected chi connectivity index (χ4v) is 2.95. The number of rotatable bonds is 5. The van der Waals surface area contributed by atoms with Gasteiger partial charge in [-0.25, -0.2) is 15.0 Å². The summed E-state index contributed by atoms with van der Waals surface area (Å²) in [7, 11) is -2.07. The summed E-state index contributed by atoms with van der Waals surface area (Å²) in [5, 5.41) is -0.0629. The van der Waals surface area contributed by atoms with Crippen molar-refractivity contribution in [2.45, 2.75) is 11.9 Å². The maximum absolute atomic E-state index is 12.3. The highest BCUT2D eigenvalue weighted by Crippen LogP contribution is 2.19. The van der Waals surface area contributed by atoms with Gasteiger partial charge in [-0.05, 0) is 19.1 Å². The molecule has 0 spiro atoms. The second kappa shape index (κ2) is 6.28. The molecule has 0 amide bonds. The number of hydrogen-bond acceptors (Lipinski definition) is 6. The zero-order valence-electron chi connectivity index (χ0n) is 13.0. The number of sulfonamides is 1. The van der Waals surface area contributed by atoms with Crippen LogP contribution in [0.25, 0.3) is 0 Å². The topological polar surface area (TPSA) is 99.0 Å². The summed E-state index contributed by atoms with van der Waals surface area (Å²) >= 11 is 0. The Balaban J connectivity index is 1.74. The first-order valence-corrected chi connectivity index (χ1v) is 8.50. The summed E-state index contributed by atoms with van der Waals surface area (Å²) in [6, 6.07) is 9.18. The van der Waals surface area contributed by atoms with E-state index in [0.717, 1.165) is 0 Å². The van der Waals surface area contributed by atoms with Gasteiger partial charge in [-0.1, -0.05) is 18.2 Å². The standard InChI is InChI=1S/C15H15N5O3S/c1-11-18-14(10-20(11)2)24(21,22)19-12-8-16-15(17-9-12)23-13-6-4-3-5-7-13/h3-10,19H,1-2H3. The Labute approximate surface area is 139 Å². The van der Waals surface area contributed by atoms with Crippen LogP contribution in [0.15, 0.2) is 53.9 Å². The lowest BCUT2D eigenvalue weighted by Gasteiger charge is -2.06. The maximum Gasteiger partial charge on any atom is 0.322 e. The third-order valence-electron chi connectivity index (χ3n) is 3.19. The number of benzene rings is 1. The summed E-state index contributed by atoms with van der Waals surface area (Å²) in [6.07, 6.45) is 4.10. The highest BCUT2D eigenvalue weighted by molar-refractivity contribution is 7.92. The quantitative estimate of drug-likeness (QED) is 0.760. The van der Waals surface area contributed by atoms with E-state index in [1.807, 2.05) is 18.2 Å². The van der Waals surface area contributed by atoms with Crippen LogP contribution in [0, 0.1) is 6.92 Å². The predicted molar refractivity (Wildman–Crippen MR) is 87.3 cm³/mol. The zero-order chi connectivity index (χ0) is 17.2. The molecule has 0 radical (unpaired) electrons. The molecule has 2 heterocycles. The smallest absolute Gasteiger partial charge is 0.322 e. The monoisotopic (exact) mass is 345 g/mol. The molecule has 1 aromatic carbocycles. The minimum Gasteiger partial charge on any atom is -0.424 e. The summed E-state index contributed by atoms with van der Waals surface area (Å²) in [6.45, 7) is 1.72. The second-order valence-corrected chi connectivity index (χ2v) is 6.64. The molecule has 2 aromatic heterocycles. The summed E-state index contributed by atoms with van der Waals surface area (Å²) in [5.41, 5.74) is 0.221. The van der Waals surface area contributed by atoms with Crippen LogP contribution in [0.5, 0.6) is 11.8 Å². The minimum atomic E-state index is -3.79. The van der Waals surface area contributed by atoms with Crippen molar-refractivity contribution >= 4 is 15.7 Å². The molecule has 0 atom stereocenters. The molecule has 9 heteroatoms. The SMILES string of the molecule is Cc1nc(S(=O)(=O)Nc2cnc(Oc3ccccc3)nc2)cn1C. The molecule has 0 aliphatic heterocycles. The molecular weight excluding hydrogens is 330 g/mol. The van der Waals surface area contributed by atoms with Gasteiger partial charge >= 0.3 is 6.01 Å². The maximum atomic E-state index is 12.3. The zero-order valence-corrected chi connectivity index (χ0v) is 13.9. The molecule has 8 nitrogen and oxygen atoms in total. The molecule has 0 saturated carbocycles. The Morgan fingerprint density at radius 2 is 1.79 bits per heavy atom. The second-order valence-electron chi connectivity index (χ2n) is 5.01. The van der Waals surface area contributed by atoms with Gasteiger partial charge in [-0.15, -0.1) is 0 Å². The van der Waals surface area contributed by atoms with Gasteiger partial charge in [0, 0.05) is 13.2 Å². The van der Waals surface area contributed by atoms with Gasteiger partial charge in [0.15, 0.2) is 5.03 Å². The number of aromatic nitrogens is 4. The van der Waals surface area contributed by atoms with Crippen LogP contribution >= 0.6 is 0 Å². The van der Waals surface area contributed by atoms with Crippen molar-refractivity contribution in [1.29, 1.82) is 0 Å². The molecule has 24 heavy (non-hydrogen) atoms. The van der Waals surface area contributed by atoms with Gasteiger partial charge in [0.2, 0.25) is 0 Å². The van der Waals surface area contributed by atoms with Gasteiger partial charge in [0.05, 0.1) is 18.1 Å². The molecule has 0 bridgehead atoms. The first-order valence-electron chi connectivity index (χ1n) is 7.02. The number of hydrogen-bond donors (Lipinski definition) is 1. The summed E-state index contributed by atoms with van der Waals surface area (Å²) < 4.78 is 34.0. The number of para-hydroxylation sites is 1. The average molecular weight is 345 g/mol. The molecule has 3 rings (SSSR count). The van der Waals surface area contributed by atoms with Crippen molar-refractivity contribution in [3.8, 4) is 11.8 Å². The molecule has 1 N–H and O–H groups in total. The predicted octanol–water partition coefficient (Wildman–Crippen LogP) is 2.11. The molecular formula is C15H15N5O3S. The number of ether oxygens (including phenoxy) is 1. The van der Waals surface area contributed by atoms with Crippen LogP contribution in [-0.2, 0) is 17.1 Å². The molecule has 0 unspecified atom stereocenters. The van der Waals surface area contributed by atoms with E-state index >= 15 is 0 Å². The van der Waals surface area contributed by atoms with Gasteiger partial charge in [0.1, 0.15) is 11.6 Å². The van der Waals surface area contributed by atoms with Crippen LogP contribution < -0.4 is 9.46 Å². The number of aryl methyl sites for hydroxylation is 2. The molecule has 3 aromatic rings. The molecule has 0 fully saturated rings. The summed E-state index contributed by atoms with van der Waals surface area (Å²) in [4.78, 5) is 12.0. The van der Waals surface area contributed by atoms with E-state index in [-0.39, 0.29) is 16.7 Å². The third kappa shape index (κ3) is 3.51. The van der Waals surface area contributed by atoms with Crippen LogP contribution in [0.3, 0.4) is 0 Å². The van der Waals surface area contributed by atoms with E-state index in [0.29, 0.717) is 11.6 Å². The Morgan fingerprint density at radius 3 is 2.38 bits per heavy atom. The van der Waals surface area contributed by atoms with Crippen molar-refractivity contribution in [2.75, 3.05) is 4.72 Å². The number of imidazole rings is 1. The van der Waals surface area contributed by atoms with Crippen LogP contribution in [-0.4, -0.2) is 27.9 Å². The Kier molecular flexibility index (Phi) is 4.17. The Hall–Kier alpha value is -2.94. The van der Waals surface area contributed by atoms with Crippen molar-refractivity contribution < 1.29 is 13.2 Å². The van der Waals surface area contributed by atoms with Crippen molar-refractivity contribution in [3.05, 3.63) is 54.7 Å². The van der Waals surface area contributed by atoms with Crippen molar-refractivity contribution in [1.82, 2.24) is 19.5 Å². The van der Waals surface area contributed by atoms with E-state index in [1.165, 1.54) is 18.6 Å².